The van der Waals surface area contributed by atoms with E-state index < -0.39 is 0 Å². The maximum Gasteiger partial charge on any atom is 0.253 e. The van der Waals surface area contributed by atoms with Crippen molar-refractivity contribution in [3.8, 4) is 0 Å². The molecule has 4 heteroatoms. The van der Waals surface area contributed by atoms with Crippen LogP contribution in [0, 0.1) is 6.92 Å². The number of likely N-dealkylation sites (N-methyl/N-ethyl adjacent to an activating group) is 1. The Morgan fingerprint density at radius 2 is 2.20 bits per heavy atom. The number of carbonyl (C=O) groups excluding carboxylic acids is 1. The molecule has 0 heterocycles. The van der Waals surface area contributed by atoms with E-state index in [9.17, 15) is 4.79 Å². The molecule has 0 fully saturated rings. The lowest BCUT2D eigenvalue weighted by Gasteiger charge is -2.17. The van der Waals surface area contributed by atoms with Crippen LogP contribution >= 0.6 is 15.9 Å². The van der Waals surface area contributed by atoms with Gasteiger partial charge in [-0.25, -0.2) is 0 Å². The number of nitrogens with zero attached hydrogens (tertiary/aromatic N) is 1. The number of hydrogen-bond acceptors (Lipinski definition) is 2. The summed E-state index contributed by atoms with van der Waals surface area (Å²) in [6.07, 6.45) is 0. The monoisotopic (exact) mass is 270 g/mol. The van der Waals surface area contributed by atoms with Crippen LogP contribution in [0.5, 0.6) is 0 Å². The molecule has 0 radical (unpaired) electrons. The van der Waals surface area contributed by atoms with Gasteiger partial charge in [-0.1, -0.05) is 15.9 Å². The molecular weight excluding hydrogens is 256 g/mol. The van der Waals surface area contributed by atoms with Gasteiger partial charge in [0.15, 0.2) is 0 Å². The summed E-state index contributed by atoms with van der Waals surface area (Å²) in [5.74, 6) is 0.0189. The Kier molecular flexibility index (Phi) is 4.29. The van der Waals surface area contributed by atoms with Crippen molar-refractivity contribution in [3.05, 3.63) is 33.8 Å². The average Bonchev–Trinajstić information content (AvgIpc) is 2.17. The second-order valence-corrected chi connectivity index (χ2v) is 4.39. The third-order valence-electron chi connectivity index (χ3n) is 2.23. The zero-order valence-electron chi connectivity index (χ0n) is 8.96. The van der Waals surface area contributed by atoms with Crippen molar-refractivity contribution >= 4 is 21.8 Å². The summed E-state index contributed by atoms with van der Waals surface area (Å²) in [7, 11) is 1.76. The van der Waals surface area contributed by atoms with Gasteiger partial charge in [-0.2, -0.15) is 0 Å². The van der Waals surface area contributed by atoms with Crippen LogP contribution in [0.3, 0.4) is 0 Å². The van der Waals surface area contributed by atoms with Gasteiger partial charge in [0.1, 0.15) is 0 Å². The minimum absolute atomic E-state index is 0.0189. The molecular formula is C11H15BrN2O. The van der Waals surface area contributed by atoms with Gasteiger partial charge < -0.3 is 10.6 Å². The maximum atomic E-state index is 11.9. The first-order valence-corrected chi connectivity index (χ1v) is 5.57. The normalized spacial score (nSPS) is 10.1. The van der Waals surface area contributed by atoms with E-state index in [0.717, 1.165) is 15.6 Å². The lowest BCUT2D eigenvalue weighted by atomic mass is 10.1. The van der Waals surface area contributed by atoms with E-state index in [-0.39, 0.29) is 5.91 Å². The van der Waals surface area contributed by atoms with E-state index in [1.54, 1.807) is 11.9 Å². The fourth-order valence-electron chi connectivity index (χ4n) is 1.37. The van der Waals surface area contributed by atoms with Crippen molar-refractivity contribution < 1.29 is 4.79 Å². The van der Waals surface area contributed by atoms with Gasteiger partial charge in [-0.15, -0.1) is 0 Å². The van der Waals surface area contributed by atoms with E-state index in [0.29, 0.717) is 13.1 Å². The van der Waals surface area contributed by atoms with Crippen LogP contribution in [0.1, 0.15) is 15.9 Å². The fraction of sp³-hybridized carbons (Fsp3) is 0.364. The highest BCUT2D eigenvalue weighted by Crippen LogP contribution is 2.16. The number of amides is 1. The molecule has 1 rings (SSSR count). The number of carbonyl (C=O) groups is 1. The molecule has 15 heavy (non-hydrogen) atoms. The van der Waals surface area contributed by atoms with E-state index in [1.165, 1.54) is 0 Å². The zero-order valence-corrected chi connectivity index (χ0v) is 10.5. The highest BCUT2D eigenvalue weighted by molar-refractivity contribution is 9.10. The van der Waals surface area contributed by atoms with Crippen LogP contribution in [0.2, 0.25) is 0 Å². The quantitative estimate of drug-likeness (QED) is 0.911. The minimum atomic E-state index is 0.0189. The third-order valence-corrected chi connectivity index (χ3v) is 2.72. The minimum Gasteiger partial charge on any atom is -0.340 e. The molecule has 0 atom stereocenters. The van der Waals surface area contributed by atoms with Gasteiger partial charge in [0.2, 0.25) is 0 Å². The molecule has 0 aliphatic carbocycles. The van der Waals surface area contributed by atoms with Crippen molar-refractivity contribution in [1.82, 2.24) is 4.90 Å². The van der Waals surface area contributed by atoms with E-state index in [2.05, 4.69) is 15.9 Å². The van der Waals surface area contributed by atoms with E-state index in [4.69, 9.17) is 5.73 Å². The first kappa shape index (κ1) is 12.2. The molecule has 1 aromatic carbocycles. The van der Waals surface area contributed by atoms with Crippen molar-refractivity contribution in [1.29, 1.82) is 0 Å². The number of nitrogens with two attached hydrogens (primary N) is 1. The van der Waals surface area contributed by atoms with Crippen LogP contribution in [0.15, 0.2) is 22.7 Å². The maximum absolute atomic E-state index is 11.9. The summed E-state index contributed by atoms with van der Waals surface area (Å²) in [4.78, 5) is 13.6. The molecule has 0 unspecified atom stereocenters. The number of hydrogen-bond donors (Lipinski definition) is 1. The SMILES string of the molecule is Cc1cc(Br)ccc1C(=O)N(C)CCN. The summed E-state index contributed by atoms with van der Waals surface area (Å²) < 4.78 is 0.984. The van der Waals surface area contributed by atoms with Crippen LogP contribution in [0.4, 0.5) is 0 Å². The smallest absolute Gasteiger partial charge is 0.253 e. The Morgan fingerprint density at radius 1 is 1.53 bits per heavy atom. The predicted octanol–water partition coefficient (Wildman–Crippen LogP) is 1.79. The lowest BCUT2D eigenvalue weighted by Crippen LogP contribution is -2.32. The predicted molar refractivity (Wildman–Crippen MR) is 64.9 cm³/mol. The molecule has 0 aromatic heterocycles. The first-order valence-electron chi connectivity index (χ1n) is 4.78. The van der Waals surface area contributed by atoms with Gasteiger partial charge in [0, 0.05) is 30.2 Å². The van der Waals surface area contributed by atoms with Crippen molar-refractivity contribution in [2.45, 2.75) is 6.92 Å². The largest absolute Gasteiger partial charge is 0.340 e. The molecule has 2 N–H and O–H groups in total. The molecule has 0 bridgehead atoms. The molecule has 0 saturated carbocycles. The van der Waals surface area contributed by atoms with Gasteiger partial charge in [-0.3, -0.25) is 4.79 Å². The Bertz CT molecular complexity index is 366. The van der Waals surface area contributed by atoms with E-state index in [1.807, 2.05) is 25.1 Å². The first-order chi connectivity index (χ1) is 7.06. The molecule has 1 aromatic rings. The molecule has 0 aliphatic rings. The summed E-state index contributed by atoms with van der Waals surface area (Å²) in [5.41, 5.74) is 7.11. The van der Waals surface area contributed by atoms with Crippen LogP contribution in [-0.4, -0.2) is 30.9 Å². The highest BCUT2D eigenvalue weighted by atomic mass is 79.9. The van der Waals surface area contributed by atoms with Gasteiger partial charge in [0.25, 0.3) is 5.91 Å². The van der Waals surface area contributed by atoms with Crippen molar-refractivity contribution in [3.63, 3.8) is 0 Å². The molecule has 1 amide bonds. The Labute approximate surface area is 98.4 Å². The Morgan fingerprint density at radius 3 is 2.73 bits per heavy atom. The number of aryl methyl sites for hydroxylation is 1. The van der Waals surface area contributed by atoms with E-state index >= 15 is 0 Å². The van der Waals surface area contributed by atoms with Gasteiger partial charge in [0.05, 0.1) is 0 Å². The molecule has 0 aliphatic heterocycles. The topological polar surface area (TPSA) is 46.3 Å². The number of halogens is 1. The summed E-state index contributed by atoms with van der Waals surface area (Å²) in [6, 6.07) is 5.63. The number of benzene rings is 1. The Hall–Kier alpha value is -0.870. The lowest BCUT2D eigenvalue weighted by molar-refractivity contribution is 0.0798. The Balaban J connectivity index is 2.91. The summed E-state index contributed by atoms with van der Waals surface area (Å²) >= 11 is 3.37. The van der Waals surface area contributed by atoms with Gasteiger partial charge in [-0.05, 0) is 30.7 Å². The van der Waals surface area contributed by atoms with Gasteiger partial charge >= 0.3 is 0 Å². The zero-order chi connectivity index (χ0) is 11.4. The fourth-order valence-corrected chi connectivity index (χ4v) is 1.84. The van der Waals surface area contributed by atoms with Crippen LogP contribution < -0.4 is 5.73 Å². The summed E-state index contributed by atoms with van der Waals surface area (Å²) in [6.45, 7) is 2.99. The van der Waals surface area contributed by atoms with Crippen molar-refractivity contribution in [2.24, 2.45) is 5.73 Å². The molecule has 82 valence electrons. The molecule has 3 nitrogen and oxygen atoms in total. The third kappa shape index (κ3) is 3.04. The second-order valence-electron chi connectivity index (χ2n) is 3.47. The molecule has 0 saturated heterocycles. The standard InChI is InChI=1S/C11H15BrN2O/c1-8-7-9(12)3-4-10(8)11(15)14(2)6-5-13/h3-4,7H,5-6,13H2,1-2H3. The average molecular weight is 271 g/mol. The number of rotatable bonds is 3. The van der Waals surface area contributed by atoms with Crippen molar-refractivity contribution in [2.75, 3.05) is 20.1 Å². The summed E-state index contributed by atoms with van der Waals surface area (Å²) in [5, 5.41) is 0. The van der Waals surface area contributed by atoms with Crippen LogP contribution in [-0.2, 0) is 0 Å². The van der Waals surface area contributed by atoms with Crippen LogP contribution in [0.25, 0.3) is 0 Å². The highest BCUT2D eigenvalue weighted by Gasteiger charge is 2.12. The second kappa shape index (κ2) is 5.28. The molecule has 0 spiro atoms.